The molecule has 0 unspecified atom stereocenters. The molecule has 5 rings (SSSR count). The molecule has 0 spiro atoms. The SMILES string of the molecule is CCCN1CC(=O)N2[C@@H](c3ccccc3OC)c3[nH]c4ccccc4c3C[C@H]2C1=O. The van der Waals surface area contributed by atoms with Gasteiger partial charge in [-0.3, -0.25) is 9.59 Å². The third-order valence-electron chi connectivity index (χ3n) is 6.27. The third-order valence-corrected chi connectivity index (χ3v) is 6.27. The number of nitrogens with one attached hydrogen (secondary N) is 1. The van der Waals surface area contributed by atoms with Crippen molar-refractivity contribution in [3.05, 3.63) is 65.4 Å². The molecule has 2 aliphatic rings. The lowest BCUT2D eigenvalue weighted by atomic mass is 9.86. The van der Waals surface area contributed by atoms with Crippen molar-refractivity contribution >= 4 is 22.7 Å². The van der Waals surface area contributed by atoms with Crippen LogP contribution in [0.5, 0.6) is 5.75 Å². The molecule has 2 aliphatic heterocycles. The number of rotatable bonds is 4. The molecule has 1 saturated heterocycles. The van der Waals surface area contributed by atoms with Gasteiger partial charge in [-0.05, 0) is 24.1 Å². The van der Waals surface area contributed by atoms with E-state index < -0.39 is 6.04 Å². The predicted molar refractivity (Wildman–Crippen MR) is 114 cm³/mol. The molecule has 2 aromatic carbocycles. The Bertz CT molecular complexity index is 1140. The molecule has 0 bridgehead atoms. The van der Waals surface area contributed by atoms with Crippen molar-refractivity contribution in [1.82, 2.24) is 14.8 Å². The van der Waals surface area contributed by atoms with Crippen LogP contribution < -0.4 is 4.74 Å². The van der Waals surface area contributed by atoms with Crippen molar-refractivity contribution in [1.29, 1.82) is 0 Å². The summed E-state index contributed by atoms with van der Waals surface area (Å²) < 4.78 is 5.64. The highest BCUT2D eigenvalue weighted by Crippen LogP contribution is 2.44. The lowest BCUT2D eigenvalue weighted by Crippen LogP contribution is -2.63. The lowest BCUT2D eigenvalue weighted by molar-refractivity contribution is -0.158. The van der Waals surface area contributed by atoms with Crippen LogP contribution in [0.25, 0.3) is 10.9 Å². The third kappa shape index (κ3) is 2.70. The van der Waals surface area contributed by atoms with Gasteiger partial charge in [-0.25, -0.2) is 0 Å². The Morgan fingerprint density at radius 2 is 1.87 bits per heavy atom. The second kappa shape index (κ2) is 7.20. The summed E-state index contributed by atoms with van der Waals surface area (Å²) in [4.78, 5) is 33.8. The first-order valence-corrected chi connectivity index (χ1v) is 10.5. The molecular weight excluding hydrogens is 378 g/mol. The van der Waals surface area contributed by atoms with E-state index in [4.69, 9.17) is 4.74 Å². The largest absolute Gasteiger partial charge is 0.496 e. The number of fused-ring (bicyclic) bond motifs is 4. The summed E-state index contributed by atoms with van der Waals surface area (Å²) in [7, 11) is 1.64. The molecule has 1 N–H and O–H groups in total. The number of H-pyrrole nitrogens is 1. The first-order chi connectivity index (χ1) is 14.6. The summed E-state index contributed by atoms with van der Waals surface area (Å²) in [6, 6.07) is 15.0. The van der Waals surface area contributed by atoms with E-state index in [-0.39, 0.29) is 24.4 Å². The molecule has 0 saturated carbocycles. The van der Waals surface area contributed by atoms with Crippen LogP contribution in [0.2, 0.25) is 0 Å². The van der Waals surface area contributed by atoms with Crippen LogP contribution >= 0.6 is 0 Å². The van der Waals surface area contributed by atoms with E-state index in [0.717, 1.165) is 34.1 Å². The van der Waals surface area contributed by atoms with Crippen LogP contribution in [0.4, 0.5) is 0 Å². The fourth-order valence-electron chi connectivity index (χ4n) is 5.00. The number of piperazine rings is 1. The van der Waals surface area contributed by atoms with Gasteiger partial charge in [0.05, 0.1) is 13.7 Å². The summed E-state index contributed by atoms with van der Waals surface area (Å²) in [6.45, 7) is 2.76. The Hall–Kier alpha value is -3.28. The van der Waals surface area contributed by atoms with Gasteiger partial charge < -0.3 is 19.5 Å². The Morgan fingerprint density at radius 1 is 1.10 bits per heavy atom. The minimum atomic E-state index is -0.501. The van der Waals surface area contributed by atoms with Crippen LogP contribution in [0, 0.1) is 0 Å². The van der Waals surface area contributed by atoms with Gasteiger partial charge in [0.1, 0.15) is 17.8 Å². The fraction of sp³-hybridized carbons (Fsp3) is 0.333. The van der Waals surface area contributed by atoms with Gasteiger partial charge in [-0.15, -0.1) is 0 Å². The zero-order valence-corrected chi connectivity index (χ0v) is 17.2. The number of nitrogens with zero attached hydrogens (tertiary/aromatic N) is 2. The summed E-state index contributed by atoms with van der Waals surface area (Å²) in [6.07, 6.45) is 1.36. The lowest BCUT2D eigenvalue weighted by Gasteiger charge is -2.47. The summed E-state index contributed by atoms with van der Waals surface area (Å²) >= 11 is 0. The normalized spacial score (nSPS) is 21.0. The van der Waals surface area contributed by atoms with Crippen LogP contribution in [-0.4, -0.2) is 52.8 Å². The summed E-state index contributed by atoms with van der Waals surface area (Å²) in [5, 5.41) is 1.11. The Morgan fingerprint density at radius 3 is 2.67 bits per heavy atom. The van der Waals surface area contributed by atoms with Gasteiger partial charge in [0, 0.05) is 35.1 Å². The van der Waals surface area contributed by atoms with Crippen LogP contribution in [-0.2, 0) is 16.0 Å². The number of ether oxygens (including phenoxy) is 1. The number of hydrogen-bond donors (Lipinski definition) is 1. The molecule has 6 heteroatoms. The first-order valence-electron chi connectivity index (χ1n) is 10.5. The van der Waals surface area contributed by atoms with Gasteiger partial charge in [-0.2, -0.15) is 0 Å². The number of methoxy groups -OCH3 is 1. The number of para-hydroxylation sites is 2. The standard InChI is InChI=1S/C24H25N3O3/c1-3-12-26-14-21(28)27-19(24(26)29)13-17-15-8-4-6-10-18(15)25-22(17)23(27)16-9-5-7-11-20(16)30-2/h4-11,19,23,25H,3,12-14H2,1-2H3/t19-,23-/m0/s1. The van der Waals surface area contributed by atoms with Gasteiger partial charge in [0.15, 0.2) is 0 Å². The maximum Gasteiger partial charge on any atom is 0.246 e. The van der Waals surface area contributed by atoms with E-state index in [2.05, 4.69) is 11.1 Å². The van der Waals surface area contributed by atoms with Crippen molar-refractivity contribution in [3.63, 3.8) is 0 Å². The minimum absolute atomic E-state index is 0.0201. The second-order valence-corrected chi connectivity index (χ2v) is 7.99. The van der Waals surface area contributed by atoms with Crippen molar-refractivity contribution in [2.45, 2.75) is 31.8 Å². The van der Waals surface area contributed by atoms with E-state index in [1.165, 1.54) is 0 Å². The van der Waals surface area contributed by atoms with Crippen LogP contribution in [0.15, 0.2) is 48.5 Å². The summed E-state index contributed by atoms with van der Waals surface area (Å²) in [5.74, 6) is 0.726. The zero-order chi connectivity index (χ0) is 20.8. The number of benzene rings is 2. The number of aromatic amines is 1. The van der Waals surface area contributed by atoms with Gasteiger partial charge >= 0.3 is 0 Å². The number of aromatic nitrogens is 1. The van der Waals surface area contributed by atoms with Crippen molar-refractivity contribution in [3.8, 4) is 5.75 Å². The van der Waals surface area contributed by atoms with Crippen molar-refractivity contribution < 1.29 is 14.3 Å². The van der Waals surface area contributed by atoms with E-state index in [1.807, 2.05) is 49.4 Å². The van der Waals surface area contributed by atoms with Gasteiger partial charge in [-0.1, -0.05) is 43.3 Å². The Labute approximate surface area is 175 Å². The first kappa shape index (κ1) is 18.7. The Balaban J connectivity index is 1.73. The molecular formula is C24H25N3O3. The maximum absolute atomic E-state index is 13.4. The molecule has 3 heterocycles. The quantitative estimate of drug-likeness (QED) is 0.727. The highest BCUT2D eigenvalue weighted by atomic mass is 16.5. The van der Waals surface area contributed by atoms with Crippen LogP contribution in [0.3, 0.4) is 0 Å². The number of hydrogen-bond acceptors (Lipinski definition) is 3. The van der Waals surface area contributed by atoms with Crippen molar-refractivity contribution in [2.24, 2.45) is 0 Å². The van der Waals surface area contributed by atoms with E-state index in [1.54, 1.807) is 16.9 Å². The molecule has 2 atom stereocenters. The number of carbonyl (C=O) groups excluding carboxylic acids is 2. The van der Waals surface area contributed by atoms with E-state index in [9.17, 15) is 9.59 Å². The maximum atomic E-state index is 13.4. The van der Waals surface area contributed by atoms with Gasteiger partial charge in [0.2, 0.25) is 11.8 Å². The molecule has 30 heavy (non-hydrogen) atoms. The molecule has 1 aromatic heterocycles. The summed E-state index contributed by atoms with van der Waals surface area (Å²) in [5.41, 5.74) is 4.00. The van der Waals surface area contributed by atoms with Crippen molar-refractivity contribution in [2.75, 3.05) is 20.2 Å². The molecule has 2 amide bonds. The number of carbonyl (C=O) groups is 2. The average molecular weight is 403 g/mol. The highest BCUT2D eigenvalue weighted by Gasteiger charge is 2.48. The average Bonchev–Trinajstić information content (AvgIpc) is 3.14. The second-order valence-electron chi connectivity index (χ2n) is 7.99. The molecule has 6 nitrogen and oxygen atoms in total. The highest BCUT2D eigenvalue weighted by molar-refractivity contribution is 5.97. The van der Waals surface area contributed by atoms with E-state index >= 15 is 0 Å². The van der Waals surface area contributed by atoms with Crippen LogP contribution in [0.1, 0.15) is 36.2 Å². The smallest absolute Gasteiger partial charge is 0.246 e. The molecule has 1 fully saturated rings. The zero-order valence-electron chi connectivity index (χ0n) is 17.2. The molecule has 0 radical (unpaired) electrons. The topological polar surface area (TPSA) is 65.6 Å². The molecule has 154 valence electrons. The minimum Gasteiger partial charge on any atom is -0.496 e. The fourth-order valence-corrected chi connectivity index (χ4v) is 5.00. The molecule has 3 aromatic rings. The van der Waals surface area contributed by atoms with E-state index in [0.29, 0.717) is 18.7 Å². The number of amides is 2. The predicted octanol–water partition coefficient (Wildman–Crippen LogP) is 3.27. The molecule has 0 aliphatic carbocycles. The monoisotopic (exact) mass is 403 g/mol. The van der Waals surface area contributed by atoms with Gasteiger partial charge in [0.25, 0.3) is 0 Å². The Kier molecular flexibility index (Phi) is 4.50.